The van der Waals surface area contributed by atoms with Gasteiger partial charge in [-0.3, -0.25) is 0 Å². The Morgan fingerprint density at radius 2 is 2.05 bits per heavy atom. The Morgan fingerprint density at radius 3 is 2.60 bits per heavy atom. The van der Waals surface area contributed by atoms with Crippen molar-refractivity contribution in [2.45, 2.75) is 63.1 Å². The van der Waals surface area contributed by atoms with Crippen molar-refractivity contribution in [3.63, 3.8) is 0 Å². The molecule has 2 rings (SSSR count). The summed E-state index contributed by atoms with van der Waals surface area (Å²) in [5, 5.41) is 3.37. The maximum absolute atomic E-state index is 12.5. The lowest BCUT2D eigenvalue weighted by Gasteiger charge is -2.24. The fraction of sp³-hybridized carbons (Fsp3) is 0.714. The van der Waals surface area contributed by atoms with Crippen LogP contribution in [-0.2, 0) is 16.6 Å². The molecule has 6 heteroatoms. The first-order valence-corrected chi connectivity index (χ1v) is 8.81. The van der Waals surface area contributed by atoms with Crippen LogP contribution in [0, 0.1) is 0 Å². The van der Waals surface area contributed by atoms with Gasteiger partial charge in [0.15, 0.2) is 0 Å². The van der Waals surface area contributed by atoms with Gasteiger partial charge in [-0.2, -0.15) is 4.31 Å². The van der Waals surface area contributed by atoms with E-state index in [9.17, 15) is 8.42 Å². The average molecular weight is 299 g/mol. The topological polar surface area (TPSA) is 65.2 Å². The van der Waals surface area contributed by atoms with Gasteiger partial charge in [0.2, 0.25) is 10.0 Å². The largest absolute Gasteiger partial charge is 0.363 e. The summed E-state index contributed by atoms with van der Waals surface area (Å²) in [6.07, 6.45) is 5.70. The molecule has 1 aliphatic carbocycles. The van der Waals surface area contributed by atoms with Crippen molar-refractivity contribution in [3.8, 4) is 0 Å². The molecule has 0 saturated heterocycles. The first kappa shape index (κ1) is 15.5. The highest BCUT2D eigenvalue weighted by Crippen LogP contribution is 2.22. The van der Waals surface area contributed by atoms with E-state index in [-0.39, 0.29) is 6.04 Å². The zero-order chi connectivity index (χ0) is 14.8. The van der Waals surface area contributed by atoms with Crippen molar-refractivity contribution in [2.24, 2.45) is 0 Å². The fourth-order valence-electron chi connectivity index (χ4n) is 2.38. The van der Waals surface area contributed by atoms with Crippen molar-refractivity contribution >= 4 is 10.0 Å². The number of aromatic nitrogens is 1. The van der Waals surface area contributed by atoms with Crippen LogP contribution in [-0.4, -0.2) is 36.8 Å². The van der Waals surface area contributed by atoms with E-state index >= 15 is 0 Å². The van der Waals surface area contributed by atoms with E-state index in [0.29, 0.717) is 17.5 Å². The van der Waals surface area contributed by atoms with Crippen LogP contribution >= 0.6 is 0 Å². The minimum Gasteiger partial charge on any atom is -0.363 e. The maximum atomic E-state index is 12.5. The van der Waals surface area contributed by atoms with Gasteiger partial charge >= 0.3 is 0 Å². The van der Waals surface area contributed by atoms with Crippen molar-refractivity contribution < 1.29 is 8.42 Å². The van der Waals surface area contributed by atoms with Crippen LogP contribution in [0.3, 0.4) is 0 Å². The van der Waals surface area contributed by atoms with Gasteiger partial charge in [-0.15, -0.1) is 0 Å². The molecule has 1 aromatic rings. The van der Waals surface area contributed by atoms with E-state index < -0.39 is 10.0 Å². The standard InChI is InChI=1S/C14H25N3O2S/c1-4-13(5-2)17(3)20(18,19)14-8-12(16-10-14)9-15-11-6-7-11/h8,10-11,13,15-16H,4-7,9H2,1-3H3. The van der Waals surface area contributed by atoms with Crippen LogP contribution < -0.4 is 5.32 Å². The molecule has 114 valence electrons. The molecule has 1 heterocycles. The molecule has 2 N–H and O–H groups in total. The predicted octanol–water partition coefficient (Wildman–Crippen LogP) is 2.08. The Bertz CT molecular complexity index is 530. The van der Waals surface area contributed by atoms with Crippen molar-refractivity contribution in [1.82, 2.24) is 14.6 Å². The second-order valence-corrected chi connectivity index (χ2v) is 7.50. The molecule has 0 aromatic carbocycles. The summed E-state index contributed by atoms with van der Waals surface area (Å²) in [5.74, 6) is 0. The number of hydrogen-bond acceptors (Lipinski definition) is 3. The van der Waals surface area contributed by atoms with Crippen LogP contribution in [0.5, 0.6) is 0 Å². The highest BCUT2D eigenvalue weighted by molar-refractivity contribution is 7.89. The third-order valence-electron chi connectivity index (χ3n) is 4.01. The van der Waals surface area contributed by atoms with Crippen LogP contribution in [0.1, 0.15) is 45.2 Å². The van der Waals surface area contributed by atoms with Crippen molar-refractivity contribution in [3.05, 3.63) is 18.0 Å². The molecule has 0 radical (unpaired) electrons. The van der Waals surface area contributed by atoms with E-state index in [0.717, 1.165) is 18.5 Å². The Balaban J connectivity index is 2.07. The molecule has 0 bridgehead atoms. The molecule has 5 nitrogen and oxygen atoms in total. The molecule has 1 aliphatic rings. The maximum Gasteiger partial charge on any atom is 0.244 e. The van der Waals surface area contributed by atoms with Crippen LogP contribution in [0.2, 0.25) is 0 Å². The minimum atomic E-state index is -3.39. The second kappa shape index (κ2) is 6.28. The van der Waals surface area contributed by atoms with Gasteiger partial charge < -0.3 is 10.3 Å². The van der Waals surface area contributed by atoms with Crippen LogP contribution in [0.25, 0.3) is 0 Å². The highest BCUT2D eigenvalue weighted by Gasteiger charge is 2.27. The number of sulfonamides is 1. The van der Waals surface area contributed by atoms with Gasteiger partial charge in [0, 0.05) is 37.6 Å². The number of hydrogen-bond donors (Lipinski definition) is 2. The van der Waals surface area contributed by atoms with Gasteiger partial charge in [0.25, 0.3) is 0 Å². The van der Waals surface area contributed by atoms with Crippen molar-refractivity contribution in [1.29, 1.82) is 0 Å². The third kappa shape index (κ3) is 3.42. The summed E-state index contributed by atoms with van der Waals surface area (Å²) in [6, 6.07) is 2.41. The van der Waals surface area contributed by atoms with E-state index in [4.69, 9.17) is 0 Å². The van der Waals surface area contributed by atoms with Crippen LogP contribution in [0.4, 0.5) is 0 Å². The van der Waals surface area contributed by atoms with E-state index in [1.165, 1.54) is 17.1 Å². The summed E-state index contributed by atoms with van der Waals surface area (Å²) in [5.41, 5.74) is 0.924. The Morgan fingerprint density at radius 1 is 1.40 bits per heavy atom. The van der Waals surface area contributed by atoms with Gasteiger partial charge in [0.05, 0.1) is 4.90 Å². The van der Waals surface area contributed by atoms with Crippen molar-refractivity contribution in [2.75, 3.05) is 7.05 Å². The average Bonchev–Trinajstić information content (AvgIpc) is 3.13. The summed E-state index contributed by atoms with van der Waals surface area (Å²) in [4.78, 5) is 3.42. The van der Waals surface area contributed by atoms with Gasteiger partial charge in [-0.25, -0.2) is 8.42 Å². The first-order valence-electron chi connectivity index (χ1n) is 7.37. The van der Waals surface area contributed by atoms with E-state index in [1.807, 2.05) is 13.8 Å². The van der Waals surface area contributed by atoms with Crippen LogP contribution in [0.15, 0.2) is 17.2 Å². The monoisotopic (exact) mass is 299 g/mol. The molecule has 1 aromatic heterocycles. The molecular weight excluding hydrogens is 274 g/mol. The zero-order valence-electron chi connectivity index (χ0n) is 12.5. The van der Waals surface area contributed by atoms with Gasteiger partial charge in [-0.1, -0.05) is 13.8 Å². The zero-order valence-corrected chi connectivity index (χ0v) is 13.3. The summed E-state index contributed by atoms with van der Waals surface area (Å²) in [7, 11) is -1.72. The molecule has 0 unspecified atom stereocenters. The molecule has 0 spiro atoms. The number of H-pyrrole nitrogens is 1. The summed E-state index contributed by atoms with van der Waals surface area (Å²) in [6.45, 7) is 4.74. The van der Waals surface area contributed by atoms with Gasteiger partial charge in [-0.05, 0) is 31.7 Å². The lowest BCUT2D eigenvalue weighted by molar-refractivity contribution is 0.350. The highest BCUT2D eigenvalue weighted by atomic mass is 32.2. The molecule has 0 atom stereocenters. The van der Waals surface area contributed by atoms with E-state index in [2.05, 4.69) is 10.3 Å². The molecule has 0 aliphatic heterocycles. The molecule has 20 heavy (non-hydrogen) atoms. The number of rotatable bonds is 8. The SMILES string of the molecule is CCC(CC)N(C)S(=O)(=O)c1c[nH]c(CNC2CC2)c1. The Labute approximate surface area is 121 Å². The first-order chi connectivity index (χ1) is 9.48. The quantitative estimate of drug-likeness (QED) is 0.772. The normalized spacial score (nSPS) is 16.2. The number of nitrogens with zero attached hydrogens (tertiary/aromatic N) is 1. The minimum absolute atomic E-state index is 0.0583. The molecule has 1 fully saturated rings. The predicted molar refractivity (Wildman–Crippen MR) is 80.0 cm³/mol. The third-order valence-corrected chi connectivity index (χ3v) is 5.90. The summed E-state index contributed by atoms with van der Waals surface area (Å²) >= 11 is 0. The molecule has 0 amide bonds. The lowest BCUT2D eigenvalue weighted by atomic mass is 10.2. The summed E-state index contributed by atoms with van der Waals surface area (Å²) < 4.78 is 26.6. The smallest absolute Gasteiger partial charge is 0.244 e. The van der Waals surface area contributed by atoms with Gasteiger partial charge in [0.1, 0.15) is 0 Å². The molecular formula is C14H25N3O2S. The number of aromatic amines is 1. The van der Waals surface area contributed by atoms with E-state index in [1.54, 1.807) is 19.3 Å². The number of nitrogens with one attached hydrogen (secondary N) is 2. The lowest BCUT2D eigenvalue weighted by Crippen LogP contribution is -2.36. The Hall–Kier alpha value is -0.850. The fourth-order valence-corrected chi connectivity index (χ4v) is 3.90. The Kier molecular flexibility index (Phi) is 4.88. The second-order valence-electron chi connectivity index (χ2n) is 5.51. The molecule has 1 saturated carbocycles.